The van der Waals surface area contributed by atoms with Crippen molar-refractivity contribution in [1.82, 2.24) is 0 Å². The highest BCUT2D eigenvalue weighted by Crippen LogP contribution is 2.67. The lowest BCUT2D eigenvalue weighted by Crippen LogP contribution is -2.50. The van der Waals surface area contributed by atoms with E-state index in [9.17, 15) is 0 Å². The molecule has 0 spiro atoms. The summed E-state index contributed by atoms with van der Waals surface area (Å²) in [7, 11) is 0. The molecule has 160 valence electrons. The van der Waals surface area contributed by atoms with Gasteiger partial charge in [0.2, 0.25) is 0 Å². The van der Waals surface area contributed by atoms with Crippen molar-refractivity contribution in [2.45, 2.75) is 112 Å². The summed E-state index contributed by atoms with van der Waals surface area (Å²) in [6.45, 7) is 15.3. The maximum absolute atomic E-state index is 2.75. The fourth-order valence-electron chi connectivity index (χ4n) is 8.87. The van der Waals surface area contributed by atoms with E-state index in [0.29, 0.717) is 10.8 Å². The Bertz CT molecular complexity index is 585. The van der Waals surface area contributed by atoms with Crippen molar-refractivity contribution in [2.24, 2.45) is 52.3 Å². The molecule has 0 nitrogen and oxygen atoms in total. The van der Waals surface area contributed by atoms with Crippen molar-refractivity contribution in [3.05, 3.63) is 11.6 Å². The van der Waals surface area contributed by atoms with Gasteiger partial charge < -0.3 is 0 Å². The van der Waals surface area contributed by atoms with Crippen molar-refractivity contribution >= 4 is 0 Å². The normalized spacial score (nSPS) is 46.5. The Balaban J connectivity index is 1.49. The Labute approximate surface area is 176 Å². The first-order chi connectivity index (χ1) is 13.3. The monoisotopic (exact) mass is 384 g/mol. The molecule has 0 heteroatoms. The number of fused-ring (bicyclic) bond motifs is 5. The van der Waals surface area contributed by atoms with Gasteiger partial charge in [-0.15, -0.1) is 0 Å². The molecule has 8 atom stereocenters. The average Bonchev–Trinajstić information content (AvgIpc) is 2.99. The Hall–Kier alpha value is -0.260. The molecule has 0 saturated heterocycles. The Morgan fingerprint density at radius 3 is 2.50 bits per heavy atom. The second-order valence-corrected chi connectivity index (χ2v) is 12.6. The van der Waals surface area contributed by atoms with Crippen LogP contribution in [0.1, 0.15) is 112 Å². The SMILES string of the molecule is CC(C)CCC[C@H](C)[C@@H]1CCC2[C@H]3CC=C4C[C@H](C)CC[C@@]4(C)C3CC[C@]21C. The minimum Gasteiger partial charge on any atom is -0.0845 e. The molecule has 0 amide bonds. The molecule has 4 rings (SSSR count). The van der Waals surface area contributed by atoms with E-state index in [1.807, 2.05) is 5.57 Å². The third-order valence-electron chi connectivity index (χ3n) is 10.6. The van der Waals surface area contributed by atoms with Crippen molar-refractivity contribution in [1.29, 1.82) is 0 Å². The van der Waals surface area contributed by atoms with Gasteiger partial charge in [-0.1, -0.05) is 72.5 Å². The van der Waals surface area contributed by atoms with Crippen molar-refractivity contribution in [3.63, 3.8) is 0 Å². The fraction of sp³-hybridized carbons (Fsp3) is 0.929. The maximum atomic E-state index is 2.75. The summed E-state index contributed by atoms with van der Waals surface area (Å²) in [6, 6.07) is 0. The van der Waals surface area contributed by atoms with Gasteiger partial charge in [0.25, 0.3) is 0 Å². The van der Waals surface area contributed by atoms with Gasteiger partial charge in [0.15, 0.2) is 0 Å². The number of allylic oxidation sites excluding steroid dienone is 2. The summed E-state index contributed by atoms with van der Waals surface area (Å²) in [5, 5.41) is 0. The summed E-state index contributed by atoms with van der Waals surface area (Å²) in [4.78, 5) is 0. The van der Waals surface area contributed by atoms with E-state index in [1.165, 1.54) is 70.6 Å². The molecular formula is C28H48. The second kappa shape index (κ2) is 7.77. The van der Waals surface area contributed by atoms with Crippen molar-refractivity contribution < 1.29 is 0 Å². The quantitative estimate of drug-likeness (QED) is 0.416. The summed E-state index contributed by atoms with van der Waals surface area (Å²) < 4.78 is 0. The Morgan fingerprint density at radius 1 is 0.964 bits per heavy atom. The smallest absolute Gasteiger partial charge is 0.00851 e. The van der Waals surface area contributed by atoms with E-state index in [-0.39, 0.29) is 0 Å². The van der Waals surface area contributed by atoms with Gasteiger partial charge in [0.1, 0.15) is 0 Å². The van der Waals surface area contributed by atoms with E-state index in [2.05, 4.69) is 47.6 Å². The average molecular weight is 385 g/mol. The molecule has 0 N–H and O–H groups in total. The summed E-state index contributed by atoms with van der Waals surface area (Å²) in [5.74, 6) is 6.73. The van der Waals surface area contributed by atoms with Gasteiger partial charge in [-0.25, -0.2) is 0 Å². The predicted molar refractivity (Wildman–Crippen MR) is 122 cm³/mol. The minimum absolute atomic E-state index is 0.553. The van der Waals surface area contributed by atoms with Gasteiger partial charge in [-0.3, -0.25) is 0 Å². The highest BCUT2D eigenvalue weighted by Gasteiger charge is 2.58. The zero-order valence-corrected chi connectivity index (χ0v) is 19.9. The van der Waals surface area contributed by atoms with E-state index in [1.54, 1.807) is 0 Å². The van der Waals surface area contributed by atoms with E-state index < -0.39 is 0 Å². The topological polar surface area (TPSA) is 0 Å². The molecule has 4 aliphatic rings. The van der Waals surface area contributed by atoms with Crippen LogP contribution in [0.4, 0.5) is 0 Å². The van der Waals surface area contributed by atoms with Gasteiger partial charge in [-0.05, 0) is 104 Å². The van der Waals surface area contributed by atoms with Gasteiger partial charge >= 0.3 is 0 Å². The fourth-order valence-corrected chi connectivity index (χ4v) is 8.87. The third-order valence-corrected chi connectivity index (χ3v) is 10.6. The molecule has 0 aromatic rings. The Morgan fingerprint density at radius 2 is 1.75 bits per heavy atom. The van der Waals surface area contributed by atoms with Crippen LogP contribution in [0.2, 0.25) is 0 Å². The molecule has 0 aromatic heterocycles. The summed E-state index contributed by atoms with van der Waals surface area (Å²) in [5.41, 5.74) is 3.06. The van der Waals surface area contributed by atoms with Crippen LogP contribution in [0.15, 0.2) is 11.6 Å². The first-order valence-electron chi connectivity index (χ1n) is 12.9. The molecule has 0 aliphatic heterocycles. The number of hydrogen-bond donors (Lipinski definition) is 0. The lowest BCUT2D eigenvalue weighted by Gasteiger charge is -2.58. The van der Waals surface area contributed by atoms with Crippen LogP contribution in [0, 0.1) is 52.3 Å². The molecular weight excluding hydrogens is 336 g/mol. The van der Waals surface area contributed by atoms with Crippen LogP contribution in [0.25, 0.3) is 0 Å². The van der Waals surface area contributed by atoms with Crippen LogP contribution >= 0.6 is 0 Å². The van der Waals surface area contributed by atoms with Crippen LogP contribution in [-0.4, -0.2) is 0 Å². The van der Waals surface area contributed by atoms with Crippen LogP contribution in [0.5, 0.6) is 0 Å². The number of rotatable bonds is 5. The predicted octanol–water partition coefficient (Wildman–Crippen LogP) is 8.66. The molecule has 4 aliphatic carbocycles. The van der Waals surface area contributed by atoms with Crippen molar-refractivity contribution in [3.8, 4) is 0 Å². The maximum Gasteiger partial charge on any atom is -0.00851 e. The van der Waals surface area contributed by atoms with Crippen molar-refractivity contribution in [2.75, 3.05) is 0 Å². The molecule has 0 radical (unpaired) electrons. The summed E-state index contributed by atoms with van der Waals surface area (Å²) in [6.07, 6.45) is 19.0. The van der Waals surface area contributed by atoms with E-state index in [4.69, 9.17) is 0 Å². The lowest BCUT2D eigenvalue weighted by atomic mass is 9.46. The highest BCUT2D eigenvalue weighted by molar-refractivity contribution is 5.25. The van der Waals surface area contributed by atoms with Gasteiger partial charge in [-0.2, -0.15) is 0 Å². The van der Waals surface area contributed by atoms with Gasteiger partial charge in [0, 0.05) is 0 Å². The molecule has 0 heterocycles. The molecule has 0 aromatic carbocycles. The third kappa shape index (κ3) is 3.43. The molecule has 3 fully saturated rings. The van der Waals surface area contributed by atoms with Gasteiger partial charge in [0.05, 0.1) is 0 Å². The lowest BCUT2D eigenvalue weighted by molar-refractivity contribution is -0.0523. The van der Waals surface area contributed by atoms with E-state index >= 15 is 0 Å². The van der Waals surface area contributed by atoms with E-state index in [0.717, 1.165) is 41.4 Å². The second-order valence-electron chi connectivity index (χ2n) is 12.6. The highest BCUT2D eigenvalue weighted by atomic mass is 14.6. The largest absolute Gasteiger partial charge is 0.0845 e. The van der Waals surface area contributed by atoms with Crippen LogP contribution < -0.4 is 0 Å². The molecule has 2 unspecified atom stereocenters. The van der Waals surface area contributed by atoms with Crippen LogP contribution in [-0.2, 0) is 0 Å². The summed E-state index contributed by atoms with van der Waals surface area (Å²) >= 11 is 0. The first kappa shape index (κ1) is 21.0. The molecule has 3 saturated carbocycles. The first-order valence-corrected chi connectivity index (χ1v) is 12.9. The standard InChI is InChI=1S/C28H48/c1-19(2)8-7-9-21(4)24-12-13-25-23-11-10-22-18-20(3)14-16-27(22,5)26(23)15-17-28(24,25)6/h10,19-21,23-26H,7-9,11-18H2,1-6H3/t20-,21+,23-,24+,25?,26?,27-,28+/m1/s1. The zero-order valence-electron chi connectivity index (χ0n) is 19.9. The molecule has 0 bridgehead atoms. The number of hydrogen-bond acceptors (Lipinski definition) is 0. The minimum atomic E-state index is 0.553. The van der Waals surface area contributed by atoms with Crippen LogP contribution in [0.3, 0.4) is 0 Å². The molecule has 28 heavy (non-hydrogen) atoms. The Kier molecular flexibility index (Phi) is 5.83. The zero-order chi connectivity index (χ0) is 20.1.